The van der Waals surface area contributed by atoms with E-state index in [4.69, 9.17) is 15.2 Å². The van der Waals surface area contributed by atoms with Gasteiger partial charge in [0, 0.05) is 70.4 Å². The number of hydrogen-bond donors (Lipinski definition) is 5. The number of allylic oxidation sites excluding steroid dienone is 1. The summed E-state index contributed by atoms with van der Waals surface area (Å²) in [7, 11) is 3.65. The predicted molar refractivity (Wildman–Crippen MR) is 155 cm³/mol. The van der Waals surface area contributed by atoms with Crippen LogP contribution >= 0.6 is 11.9 Å². The number of methoxy groups -OCH3 is 1. The molecule has 2 aromatic carbocycles. The molecule has 210 valence electrons. The number of nitriles is 1. The first-order chi connectivity index (χ1) is 18.9. The predicted octanol–water partition coefficient (Wildman–Crippen LogP) is 1.57. The zero-order valence-electron chi connectivity index (χ0n) is 22.4. The van der Waals surface area contributed by atoms with E-state index in [1.165, 1.54) is 30.1 Å². The Hall–Kier alpha value is -2.82. The Labute approximate surface area is 234 Å². The molecule has 2 aliphatic rings. The van der Waals surface area contributed by atoms with Gasteiger partial charge in [-0.15, -0.1) is 0 Å². The second kappa shape index (κ2) is 14.0. The van der Waals surface area contributed by atoms with Gasteiger partial charge >= 0.3 is 0 Å². The molecular formula is C28H38N6O4S. The summed E-state index contributed by atoms with van der Waals surface area (Å²) in [5.74, 6) is 0. The van der Waals surface area contributed by atoms with E-state index in [0.717, 1.165) is 37.1 Å². The summed E-state index contributed by atoms with van der Waals surface area (Å²) >= 11 is 1.21. The molecule has 0 aliphatic carbocycles. The molecule has 4 atom stereocenters. The van der Waals surface area contributed by atoms with E-state index >= 15 is 0 Å². The fourth-order valence-corrected chi connectivity index (χ4v) is 5.26. The van der Waals surface area contributed by atoms with Crippen molar-refractivity contribution < 1.29 is 19.7 Å². The van der Waals surface area contributed by atoms with E-state index in [-0.39, 0.29) is 13.0 Å². The Balaban J connectivity index is 1.27. The molecule has 0 aromatic heterocycles. The van der Waals surface area contributed by atoms with Gasteiger partial charge in [0.15, 0.2) is 6.29 Å². The first-order valence-electron chi connectivity index (χ1n) is 13.1. The molecule has 2 aromatic rings. The molecule has 11 heteroatoms. The van der Waals surface area contributed by atoms with Crippen LogP contribution < -0.4 is 20.7 Å². The summed E-state index contributed by atoms with van der Waals surface area (Å²) in [6.45, 7) is 4.80. The Bertz CT molecular complexity index is 1210. The minimum Gasteiger partial charge on any atom is -0.400 e. The lowest BCUT2D eigenvalue weighted by atomic mass is 10.0. The highest BCUT2D eigenvalue weighted by Gasteiger charge is 2.36. The van der Waals surface area contributed by atoms with E-state index in [1.807, 2.05) is 12.1 Å². The average molecular weight is 555 g/mol. The number of fused-ring (bicyclic) bond motifs is 1. The third-order valence-electron chi connectivity index (χ3n) is 6.99. The van der Waals surface area contributed by atoms with Gasteiger partial charge in [-0.2, -0.15) is 5.26 Å². The Morgan fingerprint density at radius 1 is 1.21 bits per heavy atom. The first-order valence-corrected chi connectivity index (χ1v) is 13.9. The smallest absolute Gasteiger partial charge is 0.160 e. The van der Waals surface area contributed by atoms with Crippen LogP contribution in [-0.2, 0) is 9.47 Å². The number of benzene rings is 2. The van der Waals surface area contributed by atoms with Crippen LogP contribution in [0.3, 0.4) is 0 Å². The van der Waals surface area contributed by atoms with E-state index in [1.54, 1.807) is 6.20 Å². The highest BCUT2D eigenvalue weighted by Crippen LogP contribution is 2.26. The first kappa shape index (κ1) is 29.2. The molecule has 4 rings (SSSR count). The van der Waals surface area contributed by atoms with Crippen molar-refractivity contribution in [3.05, 3.63) is 58.8 Å². The van der Waals surface area contributed by atoms with Gasteiger partial charge in [-0.3, -0.25) is 4.72 Å². The fourth-order valence-electron chi connectivity index (χ4n) is 4.63. The van der Waals surface area contributed by atoms with Gasteiger partial charge in [0.05, 0.1) is 6.10 Å². The maximum atomic E-state index is 10.1. The number of nitrogens with one attached hydrogen (secondary N) is 2. The van der Waals surface area contributed by atoms with Gasteiger partial charge in [-0.1, -0.05) is 18.2 Å². The maximum Gasteiger partial charge on any atom is 0.160 e. The zero-order valence-corrected chi connectivity index (χ0v) is 23.2. The van der Waals surface area contributed by atoms with Crippen molar-refractivity contribution in [2.24, 2.45) is 5.73 Å². The molecule has 0 radical (unpaired) electrons. The lowest BCUT2D eigenvalue weighted by Crippen LogP contribution is -2.52. The van der Waals surface area contributed by atoms with Crippen molar-refractivity contribution in [2.45, 2.75) is 31.0 Å². The van der Waals surface area contributed by atoms with Crippen LogP contribution in [0.5, 0.6) is 0 Å². The number of ether oxygens (including phenoxy) is 2. The third-order valence-corrected chi connectivity index (χ3v) is 7.71. The third kappa shape index (κ3) is 8.09. The summed E-state index contributed by atoms with van der Waals surface area (Å²) in [6, 6.07) is 15.0. The van der Waals surface area contributed by atoms with Crippen molar-refractivity contribution in [2.75, 3.05) is 58.3 Å². The molecule has 0 spiro atoms. The van der Waals surface area contributed by atoms with Gasteiger partial charge in [0.2, 0.25) is 0 Å². The Kier molecular flexibility index (Phi) is 10.5. The van der Waals surface area contributed by atoms with Crippen molar-refractivity contribution in [3.8, 4) is 6.07 Å². The molecule has 2 heterocycles. The quantitative estimate of drug-likeness (QED) is 0.216. The number of rotatable bonds is 10. The van der Waals surface area contributed by atoms with Crippen molar-refractivity contribution in [3.63, 3.8) is 0 Å². The largest absolute Gasteiger partial charge is 0.400 e. The summed E-state index contributed by atoms with van der Waals surface area (Å²) in [5, 5.41) is 35.0. The average Bonchev–Trinajstić information content (AvgIpc) is 2.94. The molecule has 2 saturated heterocycles. The normalized spacial score (nSPS) is 25.1. The number of anilines is 1. The molecule has 0 saturated carbocycles. The van der Waals surface area contributed by atoms with Gasteiger partial charge < -0.3 is 40.5 Å². The van der Waals surface area contributed by atoms with Crippen LogP contribution in [0.1, 0.15) is 12.0 Å². The number of nitrogens with two attached hydrogens (primary N) is 1. The maximum absolute atomic E-state index is 10.1. The molecule has 6 N–H and O–H groups in total. The van der Waals surface area contributed by atoms with E-state index in [0.29, 0.717) is 17.1 Å². The number of aliphatic hydroxyl groups excluding tert-OH is 2. The zero-order chi connectivity index (χ0) is 27.8. The Morgan fingerprint density at radius 2 is 1.95 bits per heavy atom. The van der Waals surface area contributed by atoms with Crippen LogP contribution in [0.2, 0.25) is 0 Å². The molecule has 2 aliphatic heterocycles. The van der Waals surface area contributed by atoms with Crippen LogP contribution in [-0.4, -0.2) is 93.1 Å². The summed E-state index contributed by atoms with van der Waals surface area (Å²) in [5.41, 5.74) is 8.77. The molecular weight excluding hydrogens is 516 g/mol. The highest BCUT2D eigenvalue weighted by atomic mass is 32.2. The van der Waals surface area contributed by atoms with E-state index in [9.17, 15) is 15.5 Å². The second-order valence-corrected chi connectivity index (χ2v) is 10.8. The highest BCUT2D eigenvalue weighted by molar-refractivity contribution is 8.01. The number of nitrogens with zero attached hydrogens (tertiary/aromatic N) is 3. The van der Waals surface area contributed by atoms with Crippen LogP contribution in [0, 0.1) is 11.3 Å². The SMILES string of the molecule is CO[C@@H]1CC(O)[C@H](O)C(CN/C=C(\N)CNS/C(C#N)=C/c2ccc3cc(N4CCN(C)CC4)ccc3c2)O1. The van der Waals surface area contributed by atoms with Crippen LogP contribution in [0.15, 0.2) is 53.2 Å². The standard InChI is InChI=1S/C28H38N6O4S/c1-33-7-9-34(10-8-33)23-6-5-20-11-19(3-4-21(20)13-23)12-24(15-29)39-32-17-22(30)16-31-18-26-28(36)25(35)14-27(37-2)38-26/h3-6,11-13,16,25-28,31-32,35-36H,7-10,14,17-18,30H2,1-2H3/b22-16-,24-12+/t25?,26?,27-,28-/m0/s1. The van der Waals surface area contributed by atoms with Gasteiger partial charge in [0.25, 0.3) is 0 Å². The molecule has 0 amide bonds. The molecule has 2 fully saturated rings. The lowest BCUT2D eigenvalue weighted by molar-refractivity contribution is -0.240. The summed E-state index contributed by atoms with van der Waals surface area (Å²) in [4.78, 5) is 5.29. The molecule has 10 nitrogen and oxygen atoms in total. The minimum atomic E-state index is -1.01. The van der Waals surface area contributed by atoms with Gasteiger partial charge in [0.1, 0.15) is 23.2 Å². The van der Waals surface area contributed by atoms with Crippen molar-refractivity contribution in [1.82, 2.24) is 14.9 Å². The summed E-state index contributed by atoms with van der Waals surface area (Å²) < 4.78 is 13.9. The van der Waals surface area contributed by atoms with Gasteiger partial charge in [-0.05, 0) is 59.6 Å². The molecule has 2 unspecified atom stereocenters. The topological polar surface area (TPSA) is 139 Å². The molecule has 39 heavy (non-hydrogen) atoms. The lowest BCUT2D eigenvalue weighted by Gasteiger charge is -2.36. The van der Waals surface area contributed by atoms with Crippen molar-refractivity contribution >= 4 is 34.5 Å². The number of aliphatic hydroxyl groups is 2. The Morgan fingerprint density at radius 3 is 2.69 bits per heavy atom. The molecule has 0 bridgehead atoms. The van der Waals surface area contributed by atoms with Gasteiger partial charge in [-0.25, -0.2) is 0 Å². The minimum absolute atomic E-state index is 0.221. The monoisotopic (exact) mass is 554 g/mol. The van der Waals surface area contributed by atoms with Crippen molar-refractivity contribution in [1.29, 1.82) is 5.26 Å². The van der Waals surface area contributed by atoms with E-state index < -0.39 is 24.6 Å². The number of piperazine rings is 1. The summed E-state index contributed by atoms with van der Waals surface area (Å²) in [6.07, 6.45) is 0.577. The number of likely N-dealkylation sites (N-methyl/N-ethyl adjacent to an activating group) is 1. The van der Waals surface area contributed by atoms with E-state index in [2.05, 4.69) is 63.3 Å². The van der Waals surface area contributed by atoms with Crippen LogP contribution in [0.4, 0.5) is 5.69 Å². The second-order valence-electron chi connectivity index (χ2n) is 9.89. The number of hydrogen-bond acceptors (Lipinski definition) is 11. The van der Waals surface area contributed by atoms with Crippen LogP contribution in [0.25, 0.3) is 16.8 Å². The fraction of sp³-hybridized carbons (Fsp3) is 0.464.